The number of hydrogen-bond donors (Lipinski definition) is 3. The lowest BCUT2D eigenvalue weighted by Crippen LogP contribution is -2.47. The molecule has 0 unspecified atom stereocenters. The van der Waals surface area contributed by atoms with Crippen LogP contribution in [0.25, 0.3) is 0 Å². The maximum atomic E-state index is 13.0. The molecule has 0 bridgehead atoms. The summed E-state index contributed by atoms with van der Waals surface area (Å²) in [5, 5.41) is 5.92. The van der Waals surface area contributed by atoms with Gasteiger partial charge in [-0.2, -0.15) is 0 Å². The third kappa shape index (κ3) is 4.87. The van der Waals surface area contributed by atoms with Crippen molar-refractivity contribution in [3.63, 3.8) is 0 Å². The van der Waals surface area contributed by atoms with Crippen molar-refractivity contribution in [2.24, 2.45) is 5.41 Å². The Bertz CT molecular complexity index is 806. The Hall–Kier alpha value is -1.59. The van der Waals surface area contributed by atoms with Crippen molar-refractivity contribution in [3.05, 3.63) is 12.1 Å². The van der Waals surface area contributed by atoms with Crippen molar-refractivity contribution in [2.75, 3.05) is 52.4 Å². The van der Waals surface area contributed by atoms with E-state index in [-0.39, 0.29) is 47.5 Å². The number of nitrogens with one attached hydrogen (secondary N) is 3. The Morgan fingerprint density at radius 2 is 1.96 bits per heavy atom. The van der Waals surface area contributed by atoms with Crippen LogP contribution in [0.4, 0.5) is 5.69 Å². The highest BCUT2D eigenvalue weighted by Crippen LogP contribution is 2.37. The molecule has 0 aromatic heterocycles. The quantitative estimate of drug-likeness (QED) is 0.578. The summed E-state index contributed by atoms with van der Waals surface area (Å²) in [6.07, 6.45) is 1.64. The largest absolute Gasteiger partial charge is 0.495 e. The lowest BCUT2D eigenvalue weighted by molar-refractivity contribution is -0.118. The fraction of sp³-hybridized carbons (Fsp3) is 0.588. The number of rotatable bonds is 7. The summed E-state index contributed by atoms with van der Waals surface area (Å²) in [6.45, 7) is 2.23. The number of halogens is 1. The number of anilines is 1. The number of hydrogen-bond acceptors (Lipinski definition) is 7. The summed E-state index contributed by atoms with van der Waals surface area (Å²) in [4.78, 5) is 11.4. The van der Waals surface area contributed by atoms with Crippen LogP contribution < -0.4 is 24.8 Å². The minimum absolute atomic E-state index is 0. The van der Waals surface area contributed by atoms with Gasteiger partial charge in [-0.25, -0.2) is 13.1 Å². The van der Waals surface area contributed by atoms with E-state index in [2.05, 4.69) is 15.4 Å². The second-order valence-corrected chi connectivity index (χ2v) is 8.58. The molecule has 1 amide bonds. The molecular formula is C17H26ClN3O6S. The average Bonchev–Trinajstić information content (AvgIpc) is 2.66. The molecule has 0 spiro atoms. The molecule has 0 aliphatic carbocycles. The van der Waals surface area contributed by atoms with E-state index in [9.17, 15) is 13.2 Å². The van der Waals surface area contributed by atoms with Crippen molar-refractivity contribution in [1.82, 2.24) is 10.0 Å². The van der Waals surface area contributed by atoms with Gasteiger partial charge in [0.05, 0.1) is 19.4 Å². The van der Waals surface area contributed by atoms with Gasteiger partial charge >= 0.3 is 0 Å². The predicted molar refractivity (Wildman–Crippen MR) is 106 cm³/mol. The van der Waals surface area contributed by atoms with Crippen LogP contribution >= 0.6 is 12.4 Å². The van der Waals surface area contributed by atoms with Gasteiger partial charge in [0.25, 0.3) is 5.91 Å². The van der Waals surface area contributed by atoms with Crippen LogP contribution in [0.3, 0.4) is 0 Å². The van der Waals surface area contributed by atoms with Gasteiger partial charge in [-0.3, -0.25) is 4.79 Å². The molecule has 11 heteroatoms. The first-order valence-electron chi connectivity index (χ1n) is 8.73. The molecule has 2 heterocycles. The number of methoxy groups -OCH3 is 2. The molecule has 1 fully saturated rings. The maximum absolute atomic E-state index is 13.0. The topological polar surface area (TPSA) is 115 Å². The SMILES string of the molecule is COCC1(CNS(=O)(=O)c2cc3c(cc2OC)NC(=O)CO3)CCNCC1.Cl. The summed E-state index contributed by atoms with van der Waals surface area (Å²) < 4.78 is 44.5. The van der Waals surface area contributed by atoms with Gasteiger partial charge in [0.15, 0.2) is 6.61 Å². The van der Waals surface area contributed by atoms with E-state index in [1.807, 2.05) is 0 Å². The molecule has 0 radical (unpaired) electrons. The molecular weight excluding hydrogens is 410 g/mol. The van der Waals surface area contributed by atoms with Gasteiger partial charge < -0.3 is 24.8 Å². The molecule has 3 N–H and O–H groups in total. The molecule has 2 aliphatic rings. The molecule has 2 aliphatic heterocycles. The van der Waals surface area contributed by atoms with Crippen molar-refractivity contribution < 1.29 is 27.4 Å². The molecule has 1 aromatic rings. The van der Waals surface area contributed by atoms with E-state index in [0.29, 0.717) is 18.0 Å². The molecule has 158 valence electrons. The lowest BCUT2D eigenvalue weighted by Gasteiger charge is -2.37. The normalized spacial score (nSPS) is 18.3. The number of sulfonamides is 1. The fourth-order valence-corrected chi connectivity index (χ4v) is 4.74. The van der Waals surface area contributed by atoms with Gasteiger partial charge in [-0.1, -0.05) is 0 Å². The van der Waals surface area contributed by atoms with Gasteiger partial charge in [-0.15, -0.1) is 12.4 Å². The molecule has 0 saturated carbocycles. The van der Waals surface area contributed by atoms with E-state index < -0.39 is 10.0 Å². The van der Waals surface area contributed by atoms with Gasteiger partial charge in [0.2, 0.25) is 10.0 Å². The Morgan fingerprint density at radius 3 is 2.61 bits per heavy atom. The number of ether oxygens (including phenoxy) is 3. The minimum Gasteiger partial charge on any atom is -0.495 e. The molecule has 28 heavy (non-hydrogen) atoms. The Kier molecular flexibility index (Phi) is 7.52. The maximum Gasteiger partial charge on any atom is 0.262 e. The second kappa shape index (κ2) is 9.27. The first kappa shape index (κ1) is 22.7. The summed E-state index contributed by atoms with van der Waals surface area (Å²) in [6, 6.07) is 2.83. The van der Waals surface area contributed by atoms with Crippen molar-refractivity contribution in [3.8, 4) is 11.5 Å². The first-order valence-corrected chi connectivity index (χ1v) is 10.2. The Labute approximate surface area is 170 Å². The first-order chi connectivity index (χ1) is 12.9. The Morgan fingerprint density at radius 1 is 1.25 bits per heavy atom. The van der Waals surface area contributed by atoms with Crippen LogP contribution in [0.2, 0.25) is 0 Å². The predicted octanol–water partition coefficient (Wildman–Crippen LogP) is 0.742. The molecule has 1 saturated heterocycles. The van der Waals surface area contributed by atoms with Gasteiger partial charge in [0, 0.05) is 31.2 Å². The van der Waals surface area contributed by atoms with Gasteiger partial charge in [-0.05, 0) is 25.9 Å². The minimum atomic E-state index is -3.85. The van der Waals surface area contributed by atoms with Crippen LogP contribution in [-0.4, -0.2) is 61.4 Å². The van der Waals surface area contributed by atoms with Crippen LogP contribution in [0.15, 0.2) is 17.0 Å². The van der Waals surface area contributed by atoms with E-state index in [1.165, 1.54) is 19.2 Å². The smallest absolute Gasteiger partial charge is 0.262 e. The zero-order valence-corrected chi connectivity index (χ0v) is 17.5. The third-order valence-corrected chi connectivity index (χ3v) is 6.36. The van der Waals surface area contributed by atoms with E-state index in [4.69, 9.17) is 14.2 Å². The van der Waals surface area contributed by atoms with E-state index in [1.54, 1.807) is 7.11 Å². The number of benzene rings is 1. The highest BCUT2D eigenvalue weighted by molar-refractivity contribution is 7.89. The average molecular weight is 436 g/mol. The van der Waals surface area contributed by atoms with Crippen LogP contribution in [0.1, 0.15) is 12.8 Å². The Balaban J connectivity index is 0.00000280. The molecule has 0 atom stereocenters. The molecule has 3 rings (SSSR count). The summed E-state index contributed by atoms with van der Waals surface area (Å²) in [7, 11) is -0.848. The van der Waals surface area contributed by atoms with Crippen molar-refractivity contribution in [1.29, 1.82) is 0 Å². The lowest BCUT2D eigenvalue weighted by atomic mass is 9.80. The van der Waals surface area contributed by atoms with Gasteiger partial charge in [0.1, 0.15) is 16.4 Å². The van der Waals surface area contributed by atoms with Crippen LogP contribution in [-0.2, 0) is 19.6 Å². The third-order valence-electron chi connectivity index (χ3n) is 4.94. The standard InChI is InChI=1S/C17H25N3O6S.ClH/c1-24-11-17(3-5-18-6-4-17)10-19-27(22,23)15-8-13-12(7-14(15)25-2)20-16(21)9-26-13;/h7-8,18-19H,3-6,9-11H2,1-2H3,(H,20,21);1H. The summed E-state index contributed by atoms with van der Waals surface area (Å²) in [5.41, 5.74) is 0.134. The van der Waals surface area contributed by atoms with Crippen LogP contribution in [0.5, 0.6) is 11.5 Å². The van der Waals surface area contributed by atoms with Crippen LogP contribution in [0, 0.1) is 5.41 Å². The molecule has 1 aromatic carbocycles. The monoisotopic (exact) mass is 435 g/mol. The molecule has 9 nitrogen and oxygen atoms in total. The highest BCUT2D eigenvalue weighted by atomic mass is 35.5. The number of carbonyl (C=O) groups is 1. The second-order valence-electron chi connectivity index (χ2n) is 6.84. The number of fused-ring (bicyclic) bond motifs is 1. The fourth-order valence-electron chi connectivity index (χ4n) is 3.42. The summed E-state index contributed by atoms with van der Waals surface area (Å²) >= 11 is 0. The highest BCUT2D eigenvalue weighted by Gasteiger charge is 2.34. The number of carbonyl (C=O) groups excluding carboxylic acids is 1. The van der Waals surface area contributed by atoms with E-state index >= 15 is 0 Å². The number of amides is 1. The van der Waals surface area contributed by atoms with Crippen molar-refractivity contribution >= 4 is 34.0 Å². The van der Waals surface area contributed by atoms with Crippen molar-refractivity contribution in [2.45, 2.75) is 17.7 Å². The van der Waals surface area contributed by atoms with E-state index in [0.717, 1.165) is 25.9 Å². The number of piperidine rings is 1. The zero-order valence-electron chi connectivity index (χ0n) is 15.9. The zero-order chi connectivity index (χ0) is 19.5. The summed E-state index contributed by atoms with van der Waals surface area (Å²) in [5.74, 6) is 0.132.